The Morgan fingerprint density at radius 3 is 2.88 bits per heavy atom. The smallest absolute Gasteiger partial charge is 0.191 e. The van der Waals surface area contributed by atoms with Crippen molar-refractivity contribution in [3.05, 3.63) is 40.1 Å². The van der Waals surface area contributed by atoms with Gasteiger partial charge in [0.1, 0.15) is 12.4 Å². The summed E-state index contributed by atoms with van der Waals surface area (Å²) in [5.74, 6) is 1.58. The maximum absolute atomic E-state index is 5.61. The number of hydrogen-bond acceptors (Lipinski definition) is 5. The van der Waals surface area contributed by atoms with Gasteiger partial charge in [-0.25, -0.2) is 4.98 Å². The zero-order valence-electron chi connectivity index (χ0n) is 14.5. The first-order chi connectivity index (χ1) is 11.7. The van der Waals surface area contributed by atoms with Crippen molar-refractivity contribution in [1.29, 1.82) is 0 Å². The molecule has 6 nitrogen and oxygen atoms in total. The lowest BCUT2D eigenvalue weighted by atomic mass is 10.4. The zero-order valence-corrected chi connectivity index (χ0v) is 15.3. The minimum absolute atomic E-state index is 0.557. The second-order valence-electron chi connectivity index (χ2n) is 5.22. The molecule has 0 saturated heterocycles. The summed E-state index contributed by atoms with van der Waals surface area (Å²) in [4.78, 5) is 14.4. The lowest BCUT2D eigenvalue weighted by Gasteiger charge is -2.11. The van der Waals surface area contributed by atoms with Crippen LogP contribution in [0.5, 0.6) is 5.75 Å². The Bertz CT molecular complexity index is 622. The molecule has 2 heterocycles. The molecule has 0 amide bonds. The molecule has 0 aliphatic carbocycles. The third-order valence-corrected chi connectivity index (χ3v) is 4.44. The molecule has 0 saturated carbocycles. The van der Waals surface area contributed by atoms with Crippen molar-refractivity contribution in [2.24, 2.45) is 4.99 Å². The van der Waals surface area contributed by atoms with E-state index in [1.807, 2.05) is 19.1 Å². The van der Waals surface area contributed by atoms with Crippen LogP contribution < -0.4 is 15.4 Å². The number of aliphatic imine (C=N–C) groups is 1. The standard InChI is InChI=1S/C17H25N5OS/c1-4-19-17(20-9-7-16-22-13(2)14(3)24-16)21-10-11-23-15-6-5-8-18-12-15/h5-6,8,12H,4,7,9-11H2,1-3H3,(H2,19,20,21). The van der Waals surface area contributed by atoms with Gasteiger partial charge in [-0.1, -0.05) is 0 Å². The molecule has 24 heavy (non-hydrogen) atoms. The molecule has 0 aromatic carbocycles. The summed E-state index contributed by atoms with van der Waals surface area (Å²) in [6, 6.07) is 3.75. The molecule has 0 aliphatic heterocycles. The van der Waals surface area contributed by atoms with E-state index in [-0.39, 0.29) is 0 Å². The molecule has 0 atom stereocenters. The molecule has 7 heteroatoms. The lowest BCUT2D eigenvalue weighted by Crippen LogP contribution is -2.39. The van der Waals surface area contributed by atoms with E-state index in [1.54, 1.807) is 23.7 Å². The van der Waals surface area contributed by atoms with E-state index in [9.17, 15) is 0 Å². The van der Waals surface area contributed by atoms with Gasteiger partial charge >= 0.3 is 0 Å². The molecular formula is C17H25N5OS. The van der Waals surface area contributed by atoms with Gasteiger partial charge in [-0.15, -0.1) is 11.3 Å². The Labute approximate surface area is 147 Å². The minimum atomic E-state index is 0.557. The molecule has 2 N–H and O–H groups in total. The maximum atomic E-state index is 5.61. The predicted molar refractivity (Wildman–Crippen MR) is 99.0 cm³/mol. The number of guanidine groups is 1. The van der Waals surface area contributed by atoms with Gasteiger partial charge in [0.15, 0.2) is 5.96 Å². The van der Waals surface area contributed by atoms with Crippen molar-refractivity contribution >= 4 is 17.3 Å². The molecule has 2 aromatic rings. The number of nitrogens with zero attached hydrogens (tertiary/aromatic N) is 3. The van der Waals surface area contributed by atoms with E-state index in [0.29, 0.717) is 19.7 Å². The number of nitrogens with one attached hydrogen (secondary N) is 2. The lowest BCUT2D eigenvalue weighted by molar-refractivity contribution is 0.320. The number of thiazole rings is 1. The fourth-order valence-corrected chi connectivity index (χ4v) is 2.94. The van der Waals surface area contributed by atoms with Crippen molar-refractivity contribution in [1.82, 2.24) is 20.6 Å². The van der Waals surface area contributed by atoms with Crippen LogP contribution in [0.2, 0.25) is 0 Å². The van der Waals surface area contributed by atoms with E-state index < -0.39 is 0 Å². The van der Waals surface area contributed by atoms with Gasteiger partial charge in [-0.2, -0.15) is 0 Å². The SMILES string of the molecule is CCNC(=NCCc1nc(C)c(C)s1)NCCOc1cccnc1. The average molecular weight is 347 g/mol. The summed E-state index contributed by atoms with van der Waals surface area (Å²) in [7, 11) is 0. The van der Waals surface area contributed by atoms with Crippen LogP contribution in [-0.4, -0.2) is 42.2 Å². The van der Waals surface area contributed by atoms with E-state index in [2.05, 4.69) is 39.4 Å². The van der Waals surface area contributed by atoms with Crippen molar-refractivity contribution in [2.75, 3.05) is 26.2 Å². The molecule has 2 aromatic heterocycles. The van der Waals surface area contributed by atoms with Crippen LogP contribution in [0.1, 0.15) is 22.5 Å². The number of aryl methyl sites for hydroxylation is 2. The highest BCUT2D eigenvalue weighted by molar-refractivity contribution is 7.11. The van der Waals surface area contributed by atoms with Crippen LogP contribution in [0, 0.1) is 13.8 Å². The average Bonchev–Trinajstić information content (AvgIpc) is 2.90. The largest absolute Gasteiger partial charge is 0.490 e. The quantitative estimate of drug-likeness (QED) is 0.436. The zero-order chi connectivity index (χ0) is 17.2. The van der Waals surface area contributed by atoms with Crippen molar-refractivity contribution in [3.8, 4) is 5.75 Å². The summed E-state index contributed by atoms with van der Waals surface area (Å²) >= 11 is 1.75. The number of rotatable bonds is 8. The van der Waals surface area contributed by atoms with Crippen LogP contribution in [0.15, 0.2) is 29.5 Å². The highest BCUT2D eigenvalue weighted by Gasteiger charge is 2.03. The minimum Gasteiger partial charge on any atom is -0.490 e. The molecular weight excluding hydrogens is 322 g/mol. The monoisotopic (exact) mass is 347 g/mol. The van der Waals surface area contributed by atoms with Crippen LogP contribution >= 0.6 is 11.3 Å². The van der Waals surface area contributed by atoms with Crippen molar-refractivity contribution in [2.45, 2.75) is 27.2 Å². The van der Waals surface area contributed by atoms with Gasteiger partial charge in [0.05, 0.1) is 23.4 Å². The number of hydrogen-bond donors (Lipinski definition) is 2. The van der Waals surface area contributed by atoms with Crippen LogP contribution in [0.25, 0.3) is 0 Å². The molecule has 2 rings (SSSR count). The van der Waals surface area contributed by atoms with Gasteiger partial charge in [-0.3, -0.25) is 9.98 Å². The first-order valence-corrected chi connectivity index (χ1v) is 8.98. The second kappa shape index (κ2) is 9.87. The first-order valence-electron chi connectivity index (χ1n) is 8.17. The highest BCUT2D eigenvalue weighted by atomic mass is 32.1. The Morgan fingerprint density at radius 2 is 2.21 bits per heavy atom. The van der Waals surface area contributed by atoms with E-state index >= 15 is 0 Å². The van der Waals surface area contributed by atoms with Crippen LogP contribution in [0.3, 0.4) is 0 Å². The Kier molecular flexibility index (Phi) is 7.48. The topological polar surface area (TPSA) is 71.4 Å². The summed E-state index contributed by atoms with van der Waals surface area (Å²) in [5, 5.41) is 7.65. The summed E-state index contributed by atoms with van der Waals surface area (Å²) in [5.41, 5.74) is 1.12. The summed E-state index contributed by atoms with van der Waals surface area (Å²) < 4.78 is 5.61. The Hall–Kier alpha value is -2.15. The fourth-order valence-electron chi connectivity index (χ4n) is 2.02. The molecule has 0 aliphatic rings. The molecule has 0 spiro atoms. The molecule has 130 valence electrons. The third kappa shape index (κ3) is 6.16. The molecule has 0 unspecified atom stereocenters. The van der Waals surface area contributed by atoms with Gasteiger partial charge in [-0.05, 0) is 32.9 Å². The predicted octanol–water partition coefficient (Wildman–Crippen LogP) is 2.33. The Morgan fingerprint density at radius 1 is 1.33 bits per heavy atom. The summed E-state index contributed by atoms with van der Waals surface area (Å²) in [6.45, 7) is 8.98. The van der Waals surface area contributed by atoms with E-state index in [4.69, 9.17) is 4.74 Å². The number of ether oxygens (including phenoxy) is 1. The Balaban J connectivity index is 1.73. The van der Waals surface area contributed by atoms with E-state index in [0.717, 1.165) is 35.4 Å². The van der Waals surface area contributed by atoms with Gasteiger partial charge in [0.25, 0.3) is 0 Å². The highest BCUT2D eigenvalue weighted by Crippen LogP contribution is 2.16. The van der Waals surface area contributed by atoms with Crippen LogP contribution in [0.4, 0.5) is 0 Å². The van der Waals surface area contributed by atoms with Gasteiger partial charge in [0, 0.05) is 30.6 Å². The first kappa shape index (κ1) is 18.2. The van der Waals surface area contributed by atoms with Crippen molar-refractivity contribution in [3.63, 3.8) is 0 Å². The van der Waals surface area contributed by atoms with Crippen LogP contribution in [-0.2, 0) is 6.42 Å². The maximum Gasteiger partial charge on any atom is 0.191 e. The normalized spacial score (nSPS) is 11.4. The van der Waals surface area contributed by atoms with Gasteiger partial charge < -0.3 is 15.4 Å². The fraction of sp³-hybridized carbons (Fsp3) is 0.471. The number of pyridine rings is 1. The molecule has 0 bridgehead atoms. The number of aromatic nitrogens is 2. The van der Waals surface area contributed by atoms with Gasteiger partial charge in [0.2, 0.25) is 0 Å². The molecule has 0 fully saturated rings. The third-order valence-electron chi connectivity index (χ3n) is 3.31. The molecule has 0 radical (unpaired) electrons. The summed E-state index contributed by atoms with van der Waals surface area (Å²) in [6.07, 6.45) is 4.30. The second-order valence-corrected chi connectivity index (χ2v) is 6.51. The van der Waals surface area contributed by atoms with E-state index in [1.165, 1.54) is 4.88 Å². The van der Waals surface area contributed by atoms with Crippen molar-refractivity contribution < 1.29 is 4.74 Å².